The van der Waals surface area contributed by atoms with Gasteiger partial charge >= 0.3 is 0 Å². The number of likely N-dealkylation sites (tertiary alicyclic amines) is 1. The van der Waals surface area contributed by atoms with Gasteiger partial charge in [0.1, 0.15) is 0 Å². The SMILES string of the molecule is NC(=O)CN1CCC(Nc2nc3ccccc3c(=O)[nH]2)CC1. The van der Waals surface area contributed by atoms with Crippen LogP contribution in [0.4, 0.5) is 5.95 Å². The van der Waals surface area contributed by atoms with Gasteiger partial charge in [0.05, 0.1) is 17.4 Å². The van der Waals surface area contributed by atoms with Crippen LogP contribution in [0.5, 0.6) is 0 Å². The van der Waals surface area contributed by atoms with Crippen molar-refractivity contribution in [3.63, 3.8) is 0 Å². The van der Waals surface area contributed by atoms with E-state index in [4.69, 9.17) is 5.73 Å². The number of carbonyl (C=O) groups excluding carboxylic acids is 1. The number of aromatic nitrogens is 2. The number of fused-ring (bicyclic) bond motifs is 1. The Hall–Kier alpha value is -2.41. The fourth-order valence-corrected chi connectivity index (χ4v) is 2.80. The molecule has 0 aliphatic carbocycles. The van der Waals surface area contributed by atoms with Gasteiger partial charge in [0.25, 0.3) is 5.56 Å². The van der Waals surface area contributed by atoms with E-state index in [0.29, 0.717) is 23.4 Å². The summed E-state index contributed by atoms with van der Waals surface area (Å²) in [4.78, 5) is 32.2. The Morgan fingerprint density at radius 3 is 2.82 bits per heavy atom. The molecule has 116 valence electrons. The zero-order valence-electron chi connectivity index (χ0n) is 12.2. The Bertz CT molecular complexity index is 734. The molecule has 1 aliphatic heterocycles. The summed E-state index contributed by atoms with van der Waals surface area (Å²) in [5, 5.41) is 3.87. The Kier molecular flexibility index (Phi) is 4.06. The zero-order chi connectivity index (χ0) is 15.5. The first-order valence-corrected chi connectivity index (χ1v) is 7.38. The molecule has 7 nitrogen and oxygen atoms in total. The number of nitrogens with one attached hydrogen (secondary N) is 2. The van der Waals surface area contributed by atoms with Gasteiger partial charge in [-0.25, -0.2) is 4.98 Å². The molecule has 0 saturated carbocycles. The van der Waals surface area contributed by atoms with Crippen LogP contribution in [0.15, 0.2) is 29.1 Å². The molecule has 1 amide bonds. The van der Waals surface area contributed by atoms with Crippen LogP contribution in [0.2, 0.25) is 0 Å². The highest BCUT2D eigenvalue weighted by molar-refractivity contribution is 5.78. The predicted molar refractivity (Wildman–Crippen MR) is 84.6 cm³/mol. The molecule has 7 heteroatoms. The summed E-state index contributed by atoms with van der Waals surface area (Å²) >= 11 is 0. The number of carbonyl (C=O) groups is 1. The molecule has 1 aromatic heterocycles. The van der Waals surface area contributed by atoms with E-state index < -0.39 is 0 Å². The van der Waals surface area contributed by atoms with Crippen LogP contribution < -0.4 is 16.6 Å². The average Bonchev–Trinajstić information content (AvgIpc) is 2.49. The Balaban J connectivity index is 1.67. The number of primary amides is 1. The van der Waals surface area contributed by atoms with E-state index >= 15 is 0 Å². The second kappa shape index (κ2) is 6.15. The van der Waals surface area contributed by atoms with Crippen molar-refractivity contribution in [1.29, 1.82) is 0 Å². The molecule has 1 fully saturated rings. The fraction of sp³-hybridized carbons (Fsp3) is 0.400. The third kappa shape index (κ3) is 3.25. The molecule has 2 heterocycles. The van der Waals surface area contributed by atoms with Crippen LogP contribution in [-0.2, 0) is 4.79 Å². The molecule has 3 rings (SSSR count). The van der Waals surface area contributed by atoms with Crippen LogP contribution >= 0.6 is 0 Å². The molecule has 1 aliphatic rings. The average molecular weight is 301 g/mol. The van der Waals surface area contributed by atoms with E-state index in [1.807, 2.05) is 23.1 Å². The number of nitrogens with zero attached hydrogens (tertiary/aromatic N) is 2. The zero-order valence-corrected chi connectivity index (χ0v) is 12.2. The molecule has 1 aromatic carbocycles. The fourth-order valence-electron chi connectivity index (χ4n) is 2.80. The number of para-hydroxylation sites is 1. The number of amides is 1. The quantitative estimate of drug-likeness (QED) is 0.752. The van der Waals surface area contributed by atoms with Gasteiger partial charge in [0, 0.05) is 19.1 Å². The normalized spacial score (nSPS) is 16.7. The molecule has 22 heavy (non-hydrogen) atoms. The van der Waals surface area contributed by atoms with Crippen molar-refractivity contribution >= 4 is 22.8 Å². The van der Waals surface area contributed by atoms with Gasteiger partial charge in [0.15, 0.2) is 0 Å². The summed E-state index contributed by atoms with van der Waals surface area (Å²) in [6.45, 7) is 1.91. The highest BCUT2D eigenvalue weighted by Gasteiger charge is 2.20. The number of aromatic amines is 1. The summed E-state index contributed by atoms with van der Waals surface area (Å²) in [5.41, 5.74) is 5.75. The van der Waals surface area contributed by atoms with Crippen LogP contribution in [0.1, 0.15) is 12.8 Å². The summed E-state index contributed by atoms with van der Waals surface area (Å²) in [7, 11) is 0. The summed E-state index contributed by atoms with van der Waals surface area (Å²) in [6.07, 6.45) is 1.76. The Morgan fingerprint density at radius 2 is 2.09 bits per heavy atom. The Labute approximate surface area is 127 Å². The van der Waals surface area contributed by atoms with Gasteiger partial charge in [-0.3, -0.25) is 19.5 Å². The topological polar surface area (TPSA) is 104 Å². The van der Waals surface area contributed by atoms with E-state index in [9.17, 15) is 9.59 Å². The monoisotopic (exact) mass is 301 g/mol. The molecule has 2 aromatic rings. The van der Waals surface area contributed by atoms with Crippen molar-refractivity contribution in [2.24, 2.45) is 5.73 Å². The maximum atomic E-state index is 12.0. The number of rotatable bonds is 4. The number of anilines is 1. The molecule has 0 spiro atoms. The summed E-state index contributed by atoms with van der Waals surface area (Å²) in [6, 6.07) is 7.49. The smallest absolute Gasteiger partial charge is 0.260 e. The first-order valence-electron chi connectivity index (χ1n) is 7.38. The number of H-pyrrole nitrogens is 1. The lowest BCUT2D eigenvalue weighted by atomic mass is 10.1. The van der Waals surface area contributed by atoms with E-state index in [0.717, 1.165) is 25.9 Å². The molecule has 0 unspecified atom stereocenters. The second-order valence-electron chi connectivity index (χ2n) is 5.59. The van der Waals surface area contributed by atoms with Crippen LogP contribution in [0.3, 0.4) is 0 Å². The third-order valence-electron chi connectivity index (χ3n) is 3.92. The van der Waals surface area contributed by atoms with Gasteiger partial charge in [0.2, 0.25) is 11.9 Å². The van der Waals surface area contributed by atoms with Crippen molar-refractivity contribution < 1.29 is 4.79 Å². The van der Waals surface area contributed by atoms with Gasteiger partial charge in [-0.1, -0.05) is 12.1 Å². The lowest BCUT2D eigenvalue weighted by molar-refractivity contribution is -0.119. The first-order chi connectivity index (χ1) is 10.6. The maximum Gasteiger partial charge on any atom is 0.260 e. The Morgan fingerprint density at radius 1 is 1.36 bits per heavy atom. The molecule has 4 N–H and O–H groups in total. The number of hydrogen-bond donors (Lipinski definition) is 3. The van der Waals surface area contributed by atoms with Crippen LogP contribution in [0.25, 0.3) is 10.9 Å². The minimum atomic E-state index is -0.299. The van der Waals surface area contributed by atoms with Crippen molar-refractivity contribution in [3.8, 4) is 0 Å². The van der Waals surface area contributed by atoms with Crippen molar-refractivity contribution in [2.75, 3.05) is 25.0 Å². The lowest BCUT2D eigenvalue weighted by Gasteiger charge is -2.31. The minimum Gasteiger partial charge on any atom is -0.369 e. The maximum absolute atomic E-state index is 12.0. The van der Waals surface area contributed by atoms with Crippen LogP contribution in [-0.4, -0.2) is 46.5 Å². The molecule has 0 radical (unpaired) electrons. The molecule has 0 atom stereocenters. The summed E-state index contributed by atoms with van der Waals surface area (Å²) < 4.78 is 0. The van der Waals surface area contributed by atoms with E-state index in [-0.39, 0.29) is 17.5 Å². The van der Waals surface area contributed by atoms with Gasteiger partial charge in [-0.05, 0) is 25.0 Å². The molecule has 0 bridgehead atoms. The standard InChI is InChI=1S/C15H19N5O2/c16-13(21)9-20-7-5-10(6-8-20)17-15-18-12-4-2-1-3-11(12)14(22)19-15/h1-4,10H,5-9H2,(H2,16,21)(H2,17,18,19,22). The van der Waals surface area contributed by atoms with Gasteiger partial charge in [-0.2, -0.15) is 0 Å². The largest absolute Gasteiger partial charge is 0.369 e. The predicted octanol–water partition coefficient (Wildman–Crippen LogP) is 0.285. The van der Waals surface area contributed by atoms with E-state index in [1.54, 1.807) is 6.07 Å². The van der Waals surface area contributed by atoms with Crippen molar-refractivity contribution in [1.82, 2.24) is 14.9 Å². The highest BCUT2D eigenvalue weighted by atomic mass is 16.1. The minimum absolute atomic E-state index is 0.140. The lowest BCUT2D eigenvalue weighted by Crippen LogP contribution is -2.43. The van der Waals surface area contributed by atoms with Crippen LogP contribution in [0, 0.1) is 0 Å². The highest BCUT2D eigenvalue weighted by Crippen LogP contribution is 2.15. The van der Waals surface area contributed by atoms with Gasteiger partial charge in [-0.15, -0.1) is 0 Å². The first kappa shape index (κ1) is 14.5. The molecular weight excluding hydrogens is 282 g/mol. The molecular formula is C15H19N5O2. The summed E-state index contributed by atoms with van der Waals surface area (Å²) in [5.74, 6) is 0.198. The number of nitrogens with two attached hydrogens (primary N) is 1. The number of hydrogen-bond acceptors (Lipinski definition) is 5. The number of benzene rings is 1. The van der Waals surface area contributed by atoms with E-state index in [1.165, 1.54) is 0 Å². The second-order valence-corrected chi connectivity index (χ2v) is 5.59. The van der Waals surface area contributed by atoms with Gasteiger partial charge < -0.3 is 11.1 Å². The van der Waals surface area contributed by atoms with Crippen molar-refractivity contribution in [2.45, 2.75) is 18.9 Å². The molecule has 1 saturated heterocycles. The third-order valence-corrected chi connectivity index (χ3v) is 3.92. The van der Waals surface area contributed by atoms with E-state index in [2.05, 4.69) is 15.3 Å². The van der Waals surface area contributed by atoms with Crippen molar-refractivity contribution in [3.05, 3.63) is 34.6 Å². The number of piperidine rings is 1.